The van der Waals surface area contributed by atoms with Gasteiger partial charge in [0.15, 0.2) is 17.5 Å². The van der Waals surface area contributed by atoms with Gasteiger partial charge in [0.2, 0.25) is 0 Å². The second-order valence-corrected chi connectivity index (χ2v) is 10.6. The van der Waals surface area contributed by atoms with E-state index in [0.29, 0.717) is 11.6 Å². The molecule has 1 fully saturated rings. The zero-order chi connectivity index (χ0) is 26.3. The number of allylic oxidation sites excluding steroid dienone is 4. The Labute approximate surface area is 224 Å². The molecule has 38 heavy (non-hydrogen) atoms. The number of piperidine rings is 1. The monoisotopic (exact) mass is 528 g/mol. The Morgan fingerprint density at radius 3 is 2.74 bits per heavy atom. The molecule has 2 aliphatic rings. The van der Waals surface area contributed by atoms with Crippen LogP contribution < -0.4 is 16.0 Å². The van der Waals surface area contributed by atoms with Crippen molar-refractivity contribution in [3.8, 4) is 11.4 Å². The summed E-state index contributed by atoms with van der Waals surface area (Å²) in [6.07, 6.45) is 13.7. The van der Waals surface area contributed by atoms with Gasteiger partial charge in [-0.05, 0) is 42.2 Å². The summed E-state index contributed by atoms with van der Waals surface area (Å²) < 4.78 is 14.3. The molecule has 4 aromatic heterocycles. The van der Waals surface area contributed by atoms with Crippen LogP contribution in [-0.2, 0) is 0 Å². The van der Waals surface area contributed by atoms with Gasteiger partial charge in [-0.2, -0.15) is 0 Å². The first-order valence-corrected chi connectivity index (χ1v) is 12.8. The van der Waals surface area contributed by atoms with Crippen molar-refractivity contribution in [1.82, 2.24) is 30.2 Å². The molecule has 1 atom stereocenters. The topological polar surface area (TPSA) is 101 Å². The van der Waals surface area contributed by atoms with E-state index in [-0.39, 0.29) is 22.3 Å². The standard InChI is InChI=1S/C28H26ClFN8/c1-28(2)15-31-8-7-22(28)36-27-24-19(16-4-3-5-16)13-32-14-21(24)35-25(38-27)17-6-9-33-23(10-17)37-26-20(30)11-18(29)12-34-26/h3-6,9-14,22,31H,7-8,15H2,1-2H3,(H,33,34,37)(H,35,36,38)/t22-/m0/s1. The fourth-order valence-electron chi connectivity index (χ4n) is 4.78. The van der Waals surface area contributed by atoms with E-state index in [4.69, 9.17) is 21.6 Å². The lowest BCUT2D eigenvalue weighted by molar-refractivity contribution is 0.236. The number of rotatable bonds is 6. The molecule has 0 saturated carbocycles. The van der Waals surface area contributed by atoms with Crippen LogP contribution in [0.15, 0.2) is 61.2 Å². The molecular weight excluding hydrogens is 503 g/mol. The van der Waals surface area contributed by atoms with Crippen LogP contribution in [0.4, 0.5) is 21.8 Å². The molecule has 0 bridgehead atoms. The normalized spacial score (nSPS) is 18.1. The molecular formula is C28H26ClFN8. The van der Waals surface area contributed by atoms with E-state index >= 15 is 0 Å². The Kier molecular flexibility index (Phi) is 6.25. The van der Waals surface area contributed by atoms with Crippen LogP contribution >= 0.6 is 11.6 Å². The number of pyridine rings is 3. The number of aromatic nitrogens is 5. The highest BCUT2D eigenvalue weighted by Gasteiger charge is 2.33. The maximum atomic E-state index is 14.3. The highest BCUT2D eigenvalue weighted by molar-refractivity contribution is 6.30. The third-order valence-electron chi connectivity index (χ3n) is 6.99. The molecule has 0 radical (unpaired) electrons. The molecule has 8 nitrogen and oxygen atoms in total. The SMILES string of the molecule is CC1(C)CNCC[C@@H]1Nc1nc(-c2ccnc(Nc3ncc(Cl)cc3F)c2)nc2cncc(C3=CC=C3)c12. The molecule has 5 heterocycles. The van der Waals surface area contributed by atoms with E-state index in [0.717, 1.165) is 52.9 Å². The predicted molar refractivity (Wildman–Crippen MR) is 149 cm³/mol. The second kappa shape index (κ2) is 9.74. The number of nitrogens with one attached hydrogen (secondary N) is 3. The molecule has 10 heteroatoms. The summed E-state index contributed by atoms with van der Waals surface area (Å²) in [4.78, 5) is 22.7. The van der Waals surface area contributed by atoms with Gasteiger partial charge in [0.05, 0.1) is 22.1 Å². The summed E-state index contributed by atoms with van der Waals surface area (Å²) in [5, 5.41) is 11.3. The molecule has 1 aliphatic heterocycles. The Hall–Kier alpha value is -3.95. The molecule has 1 aliphatic carbocycles. The molecule has 0 spiro atoms. The van der Waals surface area contributed by atoms with E-state index in [1.807, 2.05) is 18.3 Å². The summed E-state index contributed by atoms with van der Waals surface area (Å²) in [6, 6.07) is 5.01. The van der Waals surface area contributed by atoms with Crippen LogP contribution in [-0.4, -0.2) is 44.1 Å². The third-order valence-corrected chi connectivity index (χ3v) is 7.19. The first-order chi connectivity index (χ1) is 18.4. The van der Waals surface area contributed by atoms with E-state index in [9.17, 15) is 4.39 Å². The Bertz CT molecular complexity index is 1600. The Balaban J connectivity index is 1.43. The smallest absolute Gasteiger partial charge is 0.167 e. The van der Waals surface area contributed by atoms with Crippen molar-refractivity contribution in [1.29, 1.82) is 0 Å². The zero-order valence-electron chi connectivity index (χ0n) is 21.0. The van der Waals surface area contributed by atoms with Crippen molar-refractivity contribution in [3.63, 3.8) is 0 Å². The number of nitrogens with zero attached hydrogens (tertiary/aromatic N) is 5. The summed E-state index contributed by atoms with van der Waals surface area (Å²) >= 11 is 5.83. The number of fused-ring (bicyclic) bond motifs is 1. The van der Waals surface area contributed by atoms with Crippen molar-refractivity contribution in [2.75, 3.05) is 23.7 Å². The summed E-state index contributed by atoms with van der Waals surface area (Å²) in [7, 11) is 0. The lowest BCUT2D eigenvalue weighted by Crippen LogP contribution is -2.49. The van der Waals surface area contributed by atoms with Crippen molar-refractivity contribution in [3.05, 3.63) is 77.6 Å². The average molecular weight is 529 g/mol. The van der Waals surface area contributed by atoms with Gasteiger partial charge in [-0.15, -0.1) is 0 Å². The van der Waals surface area contributed by atoms with Gasteiger partial charge in [0.25, 0.3) is 0 Å². The van der Waals surface area contributed by atoms with Gasteiger partial charge in [-0.3, -0.25) is 4.98 Å². The zero-order valence-corrected chi connectivity index (χ0v) is 21.7. The molecule has 6 rings (SSSR count). The maximum absolute atomic E-state index is 14.3. The van der Waals surface area contributed by atoms with Crippen LogP contribution in [0.1, 0.15) is 25.8 Å². The van der Waals surface area contributed by atoms with Crippen LogP contribution in [0.3, 0.4) is 0 Å². The summed E-state index contributed by atoms with van der Waals surface area (Å²) in [5.41, 5.74) is 3.58. The van der Waals surface area contributed by atoms with Crippen molar-refractivity contribution >= 4 is 45.5 Å². The maximum Gasteiger partial charge on any atom is 0.167 e. The van der Waals surface area contributed by atoms with Gasteiger partial charge in [-0.1, -0.05) is 43.7 Å². The van der Waals surface area contributed by atoms with Gasteiger partial charge in [0, 0.05) is 42.3 Å². The number of hydrogen-bond acceptors (Lipinski definition) is 8. The van der Waals surface area contributed by atoms with Gasteiger partial charge in [0.1, 0.15) is 11.6 Å². The molecule has 3 N–H and O–H groups in total. The molecule has 0 amide bonds. The van der Waals surface area contributed by atoms with Crippen molar-refractivity contribution < 1.29 is 4.39 Å². The lowest BCUT2D eigenvalue weighted by Gasteiger charge is -2.40. The van der Waals surface area contributed by atoms with E-state index in [1.54, 1.807) is 18.5 Å². The van der Waals surface area contributed by atoms with Gasteiger partial charge >= 0.3 is 0 Å². The van der Waals surface area contributed by atoms with Crippen LogP contribution in [0, 0.1) is 11.2 Å². The number of halogens is 2. The van der Waals surface area contributed by atoms with E-state index < -0.39 is 5.82 Å². The second-order valence-electron chi connectivity index (χ2n) is 10.1. The van der Waals surface area contributed by atoms with Gasteiger partial charge in [-0.25, -0.2) is 24.3 Å². The van der Waals surface area contributed by atoms with Crippen LogP contribution in [0.5, 0.6) is 0 Å². The fraction of sp³-hybridized carbons (Fsp3) is 0.250. The van der Waals surface area contributed by atoms with E-state index in [2.05, 4.69) is 56.9 Å². The largest absolute Gasteiger partial charge is 0.366 e. The minimum absolute atomic E-state index is 0.0297. The fourth-order valence-corrected chi connectivity index (χ4v) is 4.92. The van der Waals surface area contributed by atoms with Gasteiger partial charge < -0.3 is 16.0 Å². The minimum atomic E-state index is -0.569. The molecule has 1 saturated heterocycles. The lowest BCUT2D eigenvalue weighted by atomic mass is 9.80. The Morgan fingerprint density at radius 1 is 1.11 bits per heavy atom. The first-order valence-electron chi connectivity index (χ1n) is 12.4. The molecule has 0 aromatic carbocycles. The molecule has 192 valence electrons. The third kappa shape index (κ3) is 4.70. The predicted octanol–water partition coefficient (Wildman–Crippen LogP) is 5.77. The minimum Gasteiger partial charge on any atom is -0.366 e. The van der Waals surface area contributed by atoms with E-state index in [1.165, 1.54) is 12.3 Å². The summed E-state index contributed by atoms with van der Waals surface area (Å²) in [5.74, 6) is 1.15. The highest BCUT2D eigenvalue weighted by Crippen LogP contribution is 2.36. The van der Waals surface area contributed by atoms with Crippen molar-refractivity contribution in [2.24, 2.45) is 5.41 Å². The summed E-state index contributed by atoms with van der Waals surface area (Å²) in [6.45, 7) is 6.36. The average Bonchev–Trinajstić information content (AvgIpc) is 2.86. The van der Waals surface area contributed by atoms with Crippen molar-refractivity contribution in [2.45, 2.75) is 26.3 Å². The first kappa shape index (κ1) is 24.4. The quantitative estimate of drug-likeness (QED) is 0.290. The Morgan fingerprint density at radius 2 is 1.97 bits per heavy atom. The van der Waals surface area contributed by atoms with Crippen LogP contribution in [0.2, 0.25) is 5.02 Å². The highest BCUT2D eigenvalue weighted by atomic mass is 35.5. The number of anilines is 3. The van der Waals surface area contributed by atoms with Crippen LogP contribution in [0.25, 0.3) is 27.9 Å². The molecule has 4 aromatic rings. The molecule has 0 unspecified atom stereocenters. The number of hydrogen-bond donors (Lipinski definition) is 3.